The van der Waals surface area contributed by atoms with E-state index < -0.39 is 6.09 Å². The van der Waals surface area contributed by atoms with Gasteiger partial charge in [0.25, 0.3) is 5.91 Å². The molecule has 0 saturated heterocycles. The van der Waals surface area contributed by atoms with Gasteiger partial charge in [-0.1, -0.05) is 36.4 Å². The molecule has 3 aromatic carbocycles. The first-order chi connectivity index (χ1) is 14.6. The Morgan fingerprint density at radius 1 is 1.07 bits per heavy atom. The first kappa shape index (κ1) is 17.1. The van der Waals surface area contributed by atoms with Crippen LogP contribution in [0.25, 0.3) is 43.6 Å². The second kappa shape index (κ2) is 5.86. The number of aromatic amines is 1. The Labute approximate surface area is 171 Å². The van der Waals surface area contributed by atoms with Crippen LogP contribution in [0.1, 0.15) is 22.8 Å². The molecule has 6 rings (SSSR count). The van der Waals surface area contributed by atoms with Crippen LogP contribution >= 0.6 is 0 Å². The van der Waals surface area contributed by atoms with E-state index in [1.54, 1.807) is 16.4 Å². The van der Waals surface area contributed by atoms with Crippen LogP contribution in [0.5, 0.6) is 0 Å². The molecule has 148 valence electrons. The number of para-hydroxylation sites is 2. The number of fused-ring (bicyclic) bond motifs is 10. The van der Waals surface area contributed by atoms with Gasteiger partial charge in [0.2, 0.25) is 0 Å². The van der Waals surface area contributed by atoms with Crippen molar-refractivity contribution in [2.75, 3.05) is 13.7 Å². The molecular weight excluding hydrogens is 378 g/mol. The molecule has 2 aromatic heterocycles. The Balaban J connectivity index is 1.95. The SMILES string of the molecule is CCOC(=O)n1c2ccccc2c2c3c(c4c5ccccc5[nH]c4c21)C(=O)N(C)C3. The van der Waals surface area contributed by atoms with Gasteiger partial charge in [-0.05, 0) is 24.6 Å². The lowest BCUT2D eigenvalue weighted by atomic mass is 9.97. The summed E-state index contributed by atoms with van der Waals surface area (Å²) in [6.07, 6.45) is -0.415. The normalized spacial score (nSPS) is 13.8. The highest BCUT2D eigenvalue weighted by Crippen LogP contribution is 2.44. The molecule has 1 N–H and O–H groups in total. The molecule has 0 spiro atoms. The quantitative estimate of drug-likeness (QED) is 0.432. The average molecular weight is 397 g/mol. The van der Waals surface area contributed by atoms with E-state index in [1.807, 2.05) is 55.6 Å². The van der Waals surface area contributed by atoms with Gasteiger partial charge in [0.1, 0.15) is 0 Å². The number of amides is 1. The van der Waals surface area contributed by atoms with E-state index >= 15 is 0 Å². The summed E-state index contributed by atoms with van der Waals surface area (Å²) in [7, 11) is 1.82. The Morgan fingerprint density at radius 2 is 1.80 bits per heavy atom. The average Bonchev–Trinajstić information content (AvgIpc) is 3.38. The Hall–Kier alpha value is -3.80. The van der Waals surface area contributed by atoms with Crippen LogP contribution in [0.2, 0.25) is 0 Å². The number of H-pyrrole nitrogens is 1. The van der Waals surface area contributed by atoms with Crippen molar-refractivity contribution in [1.82, 2.24) is 14.5 Å². The third-order valence-electron chi connectivity index (χ3n) is 6.08. The predicted molar refractivity (Wildman–Crippen MR) is 117 cm³/mol. The Kier molecular flexibility index (Phi) is 3.34. The van der Waals surface area contributed by atoms with Gasteiger partial charge in [0, 0.05) is 40.7 Å². The largest absolute Gasteiger partial charge is 0.449 e. The zero-order chi connectivity index (χ0) is 20.6. The smallest absolute Gasteiger partial charge is 0.419 e. The topological polar surface area (TPSA) is 67.3 Å². The molecule has 1 aliphatic rings. The fourth-order valence-electron chi connectivity index (χ4n) is 4.91. The van der Waals surface area contributed by atoms with Gasteiger partial charge < -0.3 is 14.6 Å². The molecule has 6 nitrogen and oxygen atoms in total. The first-order valence-corrected chi connectivity index (χ1v) is 10.0. The number of hydrogen-bond donors (Lipinski definition) is 1. The second-order valence-corrected chi connectivity index (χ2v) is 7.71. The van der Waals surface area contributed by atoms with Crippen molar-refractivity contribution in [1.29, 1.82) is 0 Å². The number of hydrogen-bond acceptors (Lipinski definition) is 3. The standard InChI is InChI=1S/C24H19N3O3/c1-3-30-24(29)27-17-11-7-5-9-14(17)18-15-12-26(2)23(28)20(15)19-13-8-4-6-10-16(13)25-21(19)22(18)27/h4-11,25H,3,12H2,1-2H3. The molecule has 1 aliphatic heterocycles. The van der Waals surface area contributed by atoms with Gasteiger partial charge in [-0.2, -0.15) is 0 Å². The summed E-state index contributed by atoms with van der Waals surface area (Å²) in [6, 6.07) is 15.7. The lowest BCUT2D eigenvalue weighted by molar-refractivity contribution is 0.0818. The monoisotopic (exact) mass is 397 g/mol. The van der Waals surface area contributed by atoms with Crippen LogP contribution in [0.15, 0.2) is 48.5 Å². The summed E-state index contributed by atoms with van der Waals surface area (Å²) in [5.74, 6) is 0.00891. The van der Waals surface area contributed by atoms with E-state index in [0.29, 0.717) is 6.54 Å². The van der Waals surface area contributed by atoms with Crippen molar-refractivity contribution >= 4 is 55.6 Å². The maximum atomic E-state index is 13.2. The van der Waals surface area contributed by atoms with Crippen LogP contribution in [-0.2, 0) is 11.3 Å². The zero-order valence-corrected chi connectivity index (χ0v) is 16.7. The predicted octanol–water partition coefficient (Wildman–Crippen LogP) is 5.02. The van der Waals surface area contributed by atoms with Crippen LogP contribution in [-0.4, -0.2) is 40.1 Å². The van der Waals surface area contributed by atoms with Crippen molar-refractivity contribution in [2.45, 2.75) is 13.5 Å². The molecule has 5 aromatic rings. The van der Waals surface area contributed by atoms with Crippen LogP contribution in [0.3, 0.4) is 0 Å². The summed E-state index contributed by atoms with van der Waals surface area (Å²) in [4.78, 5) is 31.5. The number of nitrogens with one attached hydrogen (secondary N) is 1. The van der Waals surface area contributed by atoms with Crippen LogP contribution in [0, 0.1) is 0 Å². The Morgan fingerprint density at radius 3 is 2.60 bits per heavy atom. The van der Waals surface area contributed by atoms with Gasteiger partial charge >= 0.3 is 6.09 Å². The number of ether oxygens (including phenoxy) is 1. The molecule has 0 fully saturated rings. The number of aromatic nitrogens is 2. The lowest BCUT2D eigenvalue weighted by Gasteiger charge is -2.08. The lowest BCUT2D eigenvalue weighted by Crippen LogP contribution is -2.17. The van der Waals surface area contributed by atoms with Gasteiger partial charge in [0.15, 0.2) is 0 Å². The highest BCUT2D eigenvalue weighted by molar-refractivity contribution is 6.31. The number of rotatable bonds is 1. The maximum absolute atomic E-state index is 13.2. The summed E-state index contributed by atoms with van der Waals surface area (Å²) >= 11 is 0. The summed E-state index contributed by atoms with van der Waals surface area (Å²) < 4.78 is 7.07. The fraction of sp³-hybridized carbons (Fsp3) is 0.167. The summed E-state index contributed by atoms with van der Waals surface area (Å²) in [5.41, 5.74) is 4.96. The molecule has 6 heteroatoms. The zero-order valence-electron chi connectivity index (χ0n) is 16.7. The number of benzene rings is 3. The number of carbonyl (C=O) groups is 2. The van der Waals surface area contributed by atoms with Crippen molar-refractivity contribution in [3.05, 3.63) is 59.7 Å². The van der Waals surface area contributed by atoms with Crippen molar-refractivity contribution < 1.29 is 14.3 Å². The van der Waals surface area contributed by atoms with E-state index in [2.05, 4.69) is 4.98 Å². The minimum Gasteiger partial charge on any atom is -0.449 e. The number of nitrogens with zero attached hydrogens (tertiary/aromatic N) is 2. The van der Waals surface area contributed by atoms with Gasteiger partial charge in [-0.3, -0.25) is 4.79 Å². The molecule has 0 bridgehead atoms. The van der Waals surface area contributed by atoms with E-state index in [9.17, 15) is 9.59 Å². The molecule has 30 heavy (non-hydrogen) atoms. The molecule has 1 amide bonds. The first-order valence-electron chi connectivity index (χ1n) is 10.0. The third-order valence-corrected chi connectivity index (χ3v) is 6.08. The molecule has 0 atom stereocenters. The minimum atomic E-state index is -0.415. The minimum absolute atomic E-state index is 0.00891. The van der Waals surface area contributed by atoms with Crippen molar-refractivity contribution in [2.24, 2.45) is 0 Å². The van der Waals surface area contributed by atoms with Gasteiger partial charge in [0.05, 0.1) is 28.7 Å². The van der Waals surface area contributed by atoms with E-state index in [-0.39, 0.29) is 12.5 Å². The fourth-order valence-corrected chi connectivity index (χ4v) is 4.91. The molecule has 0 radical (unpaired) electrons. The van der Waals surface area contributed by atoms with Gasteiger partial charge in [-0.25, -0.2) is 9.36 Å². The van der Waals surface area contributed by atoms with E-state index in [4.69, 9.17) is 4.74 Å². The highest BCUT2D eigenvalue weighted by atomic mass is 16.5. The third kappa shape index (κ3) is 1.98. The molecule has 0 aliphatic carbocycles. The van der Waals surface area contributed by atoms with E-state index in [1.165, 1.54) is 0 Å². The molecule has 0 unspecified atom stereocenters. The van der Waals surface area contributed by atoms with Crippen molar-refractivity contribution in [3.63, 3.8) is 0 Å². The molecular formula is C24H19N3O3. The Bertz CT molecular complexity index is 1540. The summed E-state index contributed by atoms with van der Waals surface area (Å²) in [5, 5.41) is 3.73. The second-order valence-electron chi connectivity index (χ2n) is 7.71. The highest BCUT2D eigenvalue weighted by Gasteiger charge is 2.34. The molecule has 0 saturated carbocycles. The van der Waals surface area contributed by atoms with Crippen LogP contribution in [0.4, 0.5) is 4.79 Å². The van der Waals surface area contributed by atoms with Crippen LogP contribution < -0.4 is 0 Å². The van der Waals surface area contributed by atoms with Crippen molar-refractivity contribution in [3.8, 4) is 0 Å². The maximum Gasteiger partial charge on any atom is 0.419 e. The van der Waals surface area contributed by atoms with Gasteiger partial charge in [-0.15, -0.1) is 0 Å². The molecule has 3 heterocycles. The van der Waals surface area contributed by atoms with E-state index in [0.717, 1.165) is 54.7 Å². The summed E-state index contributed by atoms with van der Waals surface area (Å²) in [6.45, 7) is 2.60. The number of carbonyl (C=O) groups excluding carboxylic acids is 2.